The Morgan fingerprint density at radius 2 is 2.19 bits per heavy atom. The minimum absolute atomic E-state index is 0.0443. The summed E-state index contributed by atoms with van der Waals surface area (Å²) in [6.07, 6.45) is 1.54. The standard InChI is InChI=1S/C22H16N6O4/c1-11-14(22(30)31)3-2-4-15(11)26-21-19(27-20-13(8-23)9-24-28(20)21)12-5-6-17-16(7-12)25-18(29)10-32-17/h2-7,9,24,26H,10H2,1H3,(H,25,29)(H,30,31). The number of carboxylic acid groups (broad SMARTS) is 1. The summed E-state index contributed by atoms with van der Waals surface area (Å²) < 4.78 is 7.05. The number of rotatable bonds is 4. The predicted molar refractivity (Wildman–Crippen MR) is 115 cm³/mol. The molecule has 10 nitrogen and oxygen atoms in total. The first-order valence-electron chi connectivity index (χ1n) is 9.63. The molecular formula is C22H16N6O4. The van der Waals surface area contributed by atoms with E-state index < -0.39 is 5.97 Å². The SMILES string of the molecule is Cc1c(Nc2c(-c3ccc4c(c3)NC(=O)CO4)nc3c(C#N)c[nH]n23)cccc1C(=O)O. The second-order valence-corrected chi connectivity index (χ2v) is 7.22. The van der Waals surface area contributed by atoms with Gasteiger partial charge in [-0.05, 0) is 42.8 Å². The fourth-order valence-corrected chi connectivity index (χ4v) is 3.68. The van der Waals surface area contributed by atoms with Gasteiger partial charge >= 0.3 is 5.97 Å². The number of carbonyl (C=O) groups excluding carboxylic acids is 1. The summed E-state index contributed by atoms with van der Waals surface area (Å²) in [5.74, 6) is -0.217. The number of aromatic nitrogens is 3. The molecule has 0 bridgehead atoms. The van der Waals surface area contributed by atoms with Crippen molar-refractivity contribution >= 4 is 34.7 Å². The highest BCUT2D eigenvalue weighted by Crippen LogP contribution is 2.37. The van der Waals surface area contributed by atoms with E-state index in [-0.39, 0.29) is 18.1 Å². The van der Waals surface area contributed by atoms with Crippen LogP contribution in [0.3, 0.4) is 0 Å². The Hall–Kier alpha value is -4.78. The number of fused-ring (bicyclic) bond motifs is 2. The van der Waals surface area contributed by atoms with Crippen molar-refractivity contribution < 1.29 is 19.4 Å². The summed E-state index contributed by atoms with van der Waals surface area (Å²) in [6, 6.07) is 12.3. The van der Waals surface area contributed by atoms with Crippen molar-refractivity contribution in [3.8, 4) is 23.1 Å². The lowest BCUT2D eigenvalue weighted by atomic mass is 10.1. The molecule has 0 fully saturated rings. The Labute approximate surface area is 181 Å². The number of nitrogens with one attached hydrogen (secondary N) is 3. The van der Waals surface area contributed by atoms with E-state index in [1.54, 1.807) is 48.0 Å². The number of ether oxygens (including phenoxy) is 1. The van der Waals surface area contributed by atoms with Crippen LogP contribution in [0, 0.1) is 18.3 Å². The number of aromatic carboxylic acids is 1. The van der Waals surface area contributed by atoms with Crippen molar-refractivity contribution in [1.29, 1.82) is 5.26 Å². The molecule has 10 heteroatoms. The highest BCUT2D eigenvalue weighted by atomic mass is 16.5. The average molecular weight is 428 g/mol. The van der Waals surface area contributed by atoms with E-state index in [4.69, 9.17) is 4.74 Å². The zero-order valence-corrected chi connectivity index (χ0v) is 16.8. The van der Waals surface area contributed by atoms with Crippen molar-refractivity contribution in [3.05, 3.63) is 59.3 Å². The lowest BCUT2D eigenvalue weighted by Gasteiger charge is -2.18. The molecule has 32 heavy (non-hydrogen) atoms. The monoisotopic (exact) mass is 428 g/mol. The van der Waals surface area contributed by atoms with Gasteiger partial charge < -0.3 is 20.5 Å². The summed E-state index contributed by atoms with van der Waals surface area (Å²) in [7, 11) is 0. The number of nitriles is 1. The van der Waals surface area contributed by atoms with Crippen LogP contribution in [0.15, 0.2) is 42.6 Å². The van der Waals surface area contributed by atoms with Gasteiger partial charge in [-0.25, -0.2) is 14.3 Å². The van der Waals surface area contributed by atoms with Crippen LogP contribution in [0.2, 0.25) is 0 Å². The summed E-state index contributed by atoms with van der Waals surface area (Å²) in [6.45, 7) is 1.67. The molecule has 158 valence electrons. The first kappa shape index (κ1) is 19.2. The van der Waals surface area contributed by atoms with E-state index in [0.717, 1.165) is 0 Å². The first-order valence-corrected chi connectivity index (χ1v) is 9.63. The van der Waals surface area contributed by atoms with Gasteiger partial charge in [-0.1, -0.05) is 6.07 Å². The third kappa shape index (κ3) is 3.00. The van der Waals surface area contributed by atoms with Gasteiger partial charge in [-0.15, -0.1) is 0 Å². The fourth-order valence-electron chi connectivity index (χ4n) is 3.68. The van der Waals surface area contributed by atoms with E-state index in [1.165, 1.54) is 6.07 Å². The zero-order chi connectivity index (χ0) is 22.4. The van der Waals surface area contributed by atoms with Crippen LogP contribution < -0.4 is 15.4 Å². The quantitative estimate of drug-likeness (QED) is 0.390. The third-order valence-electron chi connectivity index (χ3n) is 5.28. The number of anilines is 3. The molecule has 0 radical (unpaired) electrons. The van der Waals surface area contributed by atoms with Crippen molar-refractivity contribution in [1.82, 2.24) is 14.6 Å². The molecule has 2 aromatic carbocycles. The van der Waals surface area contributed by atoms with Gasteiger partial charge in [0.05, 0.1) is 11.3 Å². The number of carbonyl (C=O) groups is 2. The Morgan fingerprint density at radius 1 is 1.34 bits per heavy atom. The molecule has 0 unspecified atom stereocenters. The molecule has 4 N–H and O–H groups in total. The number of benzene rings is 2. The highest BCUT2D eigenvalue weighted by Gasteiger charge is 2.22. The topological polar surface area (TPSA) is 145 Å². The Bertz CT molecular complexity index is 1460. The van der Waals surface area contributed by atoms with Crippen LogP contribution in [0.1, 0.15) is 21.5 Å². The molecule has 0 atom stereocenters. The third-order valence-corrected chi connectivity index (χ3v) is 5.28. The number of carboxylic acids is 1. The van der Waals surface area contributed by atoms with Gasteiger partial charge in [-0.3, -0.25) is 9.89 Å². The fraction of sp³-hybridized carbons (Fsp3) is 0.0909. The van der Waals surface area contributed by atoms with Crippen LogP contribution in [-0.4, -0.2) is 38.2 Å². The number of hydrogen-bond donors (Lipinski definition) is 4. The van der Waals surface area contributed by atoms with Crippen molar-refractivity contribution in [3.63, 3.8) is 0 Å². The minimum Gasteiger partial charge on any atom is -0.482 e. The summed E-state index contributed by atoms with van der Waals surface area (Å²) in [5, 5.41) is 27.9. The Kier molecular flexibility index (Phi) is 4.30. The van der Waals surface area contributed by atoms with E-state index in [1.807, 2.05) is 0 Å². The highest BCUT2D eigenvalue weighted by molar-refractivity contribution is 5.97. The molecule has 1 aliphatic heterocycles. The van der Waals surface area contributed by atoms with Gasteiger partial charge in [0.2, 0.25) is 0 Å². The largest absolute Gasteiger partial charge is 0.482 e. The van der Waals surface area contributed by atoms with Gasteiger partial charge in [0.1, 0.15) is 23.1 Å². The number of imidazole rings is 1. The molecule has 0 saturated carbocycles. The number of amides is 1. The van der Waals surface area contributed by atoms with Crippen molar-refractivity contribution in [2.75, 3.05) is 17.2 Å². The zero-order valence-electron chi connectivity index (χ0n) is 16.8. The van der Waals surface area contributed by atoms with E-state index in [9.17, 15) is 20.0 Å². The Morgan fingerprint density at radius 3 is 2.97 bits per heavy atom. The molecule has 1 aliphatic rings. The molecule has 1 amide bonds. The number of hydrogen-bond acceptors (Lipinski definition) is 6. The summed E-state index contributed by atoms with van der Waals surface area (Å²) in [5.41, 5.74) is 3.77. The molecular weight excluding hydrogens is 412 g/mol. The molecule has 5 rings (SSSR count). The molecule has 0 saturated heterocycles. The predicted octanol–water partition coefficient (Wildman–Crippen LogP) is 3.28. The normalized spacial score (nSPS) is 12.6. The van der Waals surface area contributed by atoms with Gasteiger partial charge in [0, 0.05) is 17.4 Å². The van der Waals surface area contributed by atoms with E-state index in [2.05, 4.69) is 26.8 Å². The van der Waals surface area contributed by atoms with Crippen LogP contribution >= 0.6 is 0 Å². The maximum atomic E-state index is 11.7. The van der Waals surface area contributed by atoms with Crippen molar-refractivity contribution in [2.45, 2.75) is 6.92 Å². The van der Waals surface area contributed by atoms with Crippen molar-refractivity contribution in [2.24, 2.45) is 0 Å². The Balaban J connectivity index is 1.67. The lowest BCUT2D eigenvalue weighted by molar-refractivity contribution is -0.118. The molecule has 0 spiro atoms. The lowest BCUT2D eigenvalue weighted by Crippen LogP contribution is -2.25. The van der Waals surface area contributed by atoms with Gasteiger partial charge in [-0.2, -0.15) is 5.26 Å². The van der Waals surface area contributed by atoms with Crippen LogP contribution in [0.25, 0.3) is 16.9 Å². The van der Waals surface area contributed by atoms with Crippen LogP contribution in [-0.2, 0) is 4.79 Å². The molecule has 0 aliphatic carbocycles. The van der Waals surface area contributed by atoms with Gasteiger partial charge in [0.15, 0.2) is 18.1 Å². The minimum atomic E-state index is -1.03. The first-order chi connectivity index (χ1) is 15.5. The summed E-state index contributed by atoms with van der Waals surface area (Å²) >= 11 is 0. The number of nitrogens with zero attached hydrogens (tertiary/aromatic N) is 3. The molecule has 3 heterocycles. The second-order valence-electron chi connectivity index (χ2n) is 7.22. The maximum Gasteiger partial charge on any atom is 0.336 e. The van der Waals surface area contributed by atoms with Gasteiger partial charge in [0.25, 0.3) is 5.91 Å². The van der Waals surface area contributed by atoms with E-state index >= 15 is 0 Å². The molecule has 4 aromatic rings. The average Bonchev–Trinajstić information content (AvgIpc) is 3.34. The number of H-pyrrole nitrogens is 1. The van der Waals surface area contributed by atoms with Crippen LogP contribution in [0.4, 0.5) is 17.2 Å². The van der Waals surface area contributed by atoms with Crippen LogP contribution in [0.5, 0.6) is 5.75 Å². The second kappa shape index (κ2) is 7.17. The smallest absolute Gasteiger partial charge is 0.336 e. The number of aromatic amines is 1. The summed E-state index contributed by atoms with van der Waals surface area (Å²) in [4.78, 5) is 27.9. The van der Waals surface area contributed by atoms with E-state index in [0.29, 0.717) is 51.0 Å². The molecule has 2 aromatic heterocycles. The maximum absolute atomic E-state index is 11.7.